The number of furan rings is 1. The third-order valence-corrected chi connectivity index (χ3v) is 5.56. The number of benzene rings is 1. The van der Waals surface area contributed by atoms with Gasteiger partial charge in [0.15, 0.2) is 4.80 Å². The number of nitro groups is 1. The molecule has 3 aromatic rings. The summed E-state index contributed by atoms with van der Waals surface area (Å²) in [4.78, 5) is 26.5. The third kappa shape index (κ3) is 3.82. The number of sulfonamides is 1. The van der Waals surface area contributed by atoms with E-state index < -0.39 is 26.7 Å². The van der Waals surface area contributed by atoms with Gasteiger partial charge in [-0.1, -0.05) is 18.3 Å². The van der Waals surface area contributed by atoms with E-state index in [2.05, 4.69) is 4.99 Å². The van der Waals surface area contributed by atoms with E-state index >= 15 is 0 Å². The second kappa shape index (κ2) is 7.06. The number of amides is 1. The monoisotopic (exact) mass is 410 g/mol. The van der Waals surface area contributed by atoms with Gasteiger partial charge in [-0.2, -0.15) is 4.99 Å². The highest BCUT2D eigenvalue weighted by molar-refractivity contribution is 7.89. The SMILES string of the molecule is CCCn1c(=NC(=O)c2ccc([N+](=O)[O-])o2)sc2cc(S(N)(=O)=O)ccc21. The summed E-state index contributed by atoms with van der Waals surface area (Å²) in [6, 6.07) is 6.66. The summed E-state index contributed by atoms with van der Waals surface area (Å²) in [5, 5.41) is 15.8. The minimum Gasteiger partial charge on any atom is -0.395 e. The topological polar surface area (TPSA) is 151 Å². The molecule has 0 fully saturated rings. The predicted molar refractivity (Wildman–Crippen MR) is 96.7 cm³/mol. The van der Waals surface area contributed by atoms with Crippen molar-refractivity contribution in [3.05, 3.63) is 51.0 Å². The first-order valence-corrected chi connectivity index (χ1v) is 10.1. The maximum absolute atomic E-state index is 12.3. The first-order chi connectivity index (χ1) is 12.7. The average Bonchev–Trinajstić information content (AvgIpc) is 3.20. The first-order valence-electron chi connectivity index (χ1n) is 7.70. The molecule has 3 rings (SSSR count). The van der Waals surface area contributed by atoms with E-state index in [1.54, 1.807) is 10.6 Å². The molecule has 12 heteroatoms. The van der Waals surface area contributed by atoms with E-state index in [9.17, 15) is 23.3 Å². The molecule has 0 radical (unpaired) electrons. The molecule has 0 bridgehead atoms. The highest BCUT2D eigenvalue weighted by Gasteiger charge is 2.18. The fourth-order valence-electron chi connectivity index (χ4n) is 2.44. The number of rotatable bonds is 5. The maximum Gasteiger partial charge on any atom is 0.433 e. The molecular weight excluding hydrogens is 396 g/mol. The van der Waals surface area contributed by atoms with Crippen LogP contribution in [0.3, 0.4) is 0 Å². The molecule has 142 valence electrons. The number of nitrogens with two attached hydrogens (primary N) is 1. The third-order valence-electron chi connectivity index (χ3n) is 3.61. The van der Waals surface area contributed by atoms with Gasteiger partial charge in [0.1, 0.15) is 4.92 Å². The van der Waals surface area contributed by atoms with Crippen LogP contribution in [0.15, 0.2) is 44.6 Å². The fourth-order valence-corrected chi connectivity index (χ4v) is 4.15. The number of hydrogen-bond acceptors (Lipinski definition) is 7. The van der Waals surface area contributed by atoms with E-state index in [0.29, 0.717) is 21.6 Å². The summed E-state index contributed by atoms with van der Waals surface area (Å²) in [6.07, 6.45) is 0.746. The number of thiazole rings is 1. The van der Waals surface area contributed by atoms with Gasteiger partial charge < -0.3 is 8.98 Å². The van der Waals surface area contributed by atoms with Crippen LogP contribution < -0.4 is 9.94 Å². The van der Waals surface area contributed by atoms with Gasteiger partial charge in [-0.05, 0) is 30.7 Å². The van der Waals surface area contributed by atoms with E-state index in [1.807, 2.05) is 6.92 Å². The lowest BCUT2D eigenvalue weighted by Gasteiger charge is -2.03. The Balaban J connectivity index is 2.13. The second-order valence-corrected chi connectivity index (χ2v) is 8.09. The Labute approximate surface area is 156 Å². The van der Waals surface area contributed by atoms with Crippen LogP contribution in [0.1, 0.15) is 23.9 Å². The molecule has 10 nitrogen and oxygen atoms in total. The zero-order valence-electron chi connectivity index (χ0n) is 14.0. The highest BCUT2D eigenvalue weighted by atomic mass is 32.2. The first kappa shape index (κ1) is 18.9. The largest absolute Gasteiger partial charge is 0.433 e. The Kier molecular flexibility index (Phi) is 4.95. The molecule has 0 spiro atoms. The molecule has 0 saturated carbocycles. The summed E-state index contributed by atoms with van der Waals surface area (Å²) in [5.74, 6) is -1.58. The Morgan fingerprint density at radius 2 is 2.11 bits per heavy atom. The van der Waals surface area contributed by atoms with Crippen molar-refractivity contribution in [1.29, 1.82) is 0 Å². The second-order valence-electron chi connectivity index (χ2n) is 5.52. The lowest BCUT2D eigenvalue weighted by molar-refractivity contribution is -0.402. The van der Waals surface area contributed by atoms with Gasteiger partial charge in [0.25, 0.3) is 0 Å². The number of primary sulfonamides is 1. The fraction of sp³-hybridized carbons (Fsp3) is 0.200. The molecule has 2 aromatic heterocycles. The van der Waals surface area contributed by atoms with Crippen molar-refractivity contribution in [2.75, 3.05) is 0 Å². The van der Waals surface area contributed by atoms with Crippen LogP contribution in [0.4, 0.5) is 5.88 Å². The van der Waals surface area contributed by atoms with Crippen LogP contribution in [0.5, 0.6) is 0 Å². The maximum atomic E-state index is 12.3. The van der Waals surface area contributed by atoms with Crippen molar-refractivity contribution in [2.24, 2.45) is 10.1 Å². The number of hydrogen-bond donors (Lipinski definition) is 1. The number of carbonyl (C=O) groups excluding carboxylic acids is 1. The Morgan fingerprint density at radius 3 is 2.70 bits per heavy atom. The Hall–Kier alpha value is -2.83. The quantitative estimate of drug-likeness (QED) is 0.502. The van der Waals surface area contributed by atoms with Crippen molar-refractivity contribution in [3.63, 3.8) is 0 Å². The number of aromatic nitrogens is 1. The number of carbonyl (C=O) groups is 1. The van der Waals surface area contributed by atoms with Gasteiger partial charge in [0.05, 0.1) is 21.2 Å². The van der Waals surface area contributed by atoms with Crippen molar-refractivity contribution in [2.45, 2.75) is 24.8 Å². The van der Waals surface area contributed by atoms with Gasteiger partial charge in [-0.3, -0.25) is 14.9 Å². The zero-order chi connectivity index (χ0) is 19.8. The highest BCUT2D eigenvalue weighted by Crippen LogP contribution is 2.22. The molecular formula is C15H14N4O6S2. The minimum atomic E-state index is -3.86. The minimum absolute atomic E-state index is 0.0422. The molecule has 0 aliphatic rings. The van der Waals surface area contributed by atoms with Crippen LogP contribution in [0.25, 0.3) is 10.2 Å². The van der Waals surface area contributed by atoms with Crippen LogP contribution in [0, 0.1) is 10.1 Å². The van der Waals surface area contributed by atoms with Crippen molar-refractivity contribution < 1.29 is 22.6 Å². The number of nitrogens with zero attached hydrogens (tertiary/aromatic N) is 3. The van der Waals surface area contributed by atoms with Crippen LogP contribution in [0.2, 0.25) is 0 Å². The molecule has 0 atom stereocenters. The Morgan fingerprint density at radius 1 is 1.37 bits per heavy atom. The smallest absolute Gasteiger partial charge is 0.395 e. The van der Waals surface area contributed by atoms with Gasteiger partial charge in [-0.15, -0.1) is 0 Å². The number of aryl methyl sites for hydroxylation is 1. The summed E-state index contributed by atoms with van der Waals surface area (Å²) >= 11 is 1.11. The zero-order valence-corrected chi connectivity index (χ0v) is 15.6. The standard InChI is InChI=1S/C15H14N4O6S2/c1-2-7-18-10-4-3-9(27(16,23)24)8-12(10)26-15(18)17-14(20)11-5-6-13(25-11)19(21)22/h3-6,8H,2,7H2,1H3,(H2,16,23,24). The average molecular weight is 410 g/mol. The van der Waals surface area contributed by atoms with Crippen molar-refractivity contribution >= 4 is 43.4 Å². The molecule has 2 heterocycles. The van der Waals surface area contributed by atoms with E-state index in [-0.39, 0.29) is 10.7 Å². The molecule has 0 aliphatic carbocycles. The summed E-state index contributed by atoms with van der Waals surface area (Å²) in [7, 11) is -3.86. The summed E-state index contributed by atoms with van der Waals surface area (Å²) < 4.78 is 30.3. The van der Waals surface area contributed by atoms with E-state index in [0.717, 1.165) is 23.8 Å². The molecule has 0 aliphatic heterocycles. The molecule has 0 unspecified atom stereocenters. The molecule has 1 amide bonds. The van der Waals surface area contributed by atoms with Crippen LogP contribution in [-0.4, -0.2) is 23.8 Å². The summed E-state index contributed by atoms with van der Waals surface area (Å²) in [6.45, 7) is 2.48. The normalized spacial score (nSPS) is 12.6. The lowest BCUT2D eigenvalue weighted by Crippen LogP contribution is -2.16. The van der Waals surface area contributed by atoms with Gasteiger partial charge in [-0.25, -0.2) is 13.6 Å². The predicted octanol–water partition coefficient (Wildman–Crippen LogP) is 2.00. The van der Waals surface area contributed by atoms with Crippen LogP contribution in [-0.2, 0) is 16.6 Å². The Bertz CT molecular complexity index is 1220. The molecule has 27 heavy (non-hydrogen) atoms. The van der Waals surface area contributed by atoms with E-state index in [1.165, 1.54) is 18.2 Å². The summed E-state index contributed by atoms with van der Waals surface area (Å²) in [5.41, 5.74) is 0.700. The lowest BCUT2D eigenvalue weighted by atomic mass is 10.3. The van der Waals surface area contributed by atoms with Gasteiger partial charge >= 0.3 is 11.8 Å². The number of fused-ring (bicyclic) bond motifs is 1. The van der Waals surface area contributed by atoms with Crippen LogP contribution >= 0.6 is 11.3 Å². The molecule has 1 aromatic carbocycles. The van der Waals surface area contributed by atoms with Gasteiger partial charge in [0.2, 0.25) is 15.8 Å². The molecule has 2 N–H and O–H groups in total. The van der Waals surface area contributed by atoms with Crippen molar-refractivity contribution in [1.82, 2.24) is 4.57 Å². The van der Waals surface area contributed by atoms with E-state index in [4.69, 9.17) is 9.56 Å². The van der Waals surface area contributed by atoms with Crippen molar-refractivity contribution in [3.8, 4) is 0 Å². The van der Waals surface area contributed by atoms with Gasteiger partial charge in [0, 0.05) is 6.54 Å². The molecule has 0 saturated heterocycles.